The van der Waals surface area contributed by atoms with Gasteiger partial charge in [0.2, 0.25) is 5.88 Å². The highest BCUT2D eigenvalue weighted by molar-refractivity contribution is 5.89. The summed E-state index contributed by atoms with van der Waals surface area (Å²) in [5.74, 6) is 1.51. The number of hydrogen-bond donors (Lipinski definition) is 1. The highest BCUT2D eigenvalue weighted by Crippen LogP contribution is 2.42. The van der Waals surface area contributed by atoms with Crippen molar-refractivity contribution in [2.75, 3.05) is 5.32 Å². The van der Waals surface area contributed by atoms with Gasteiger partial charge in [0.25, 0.3) is 0 Å². The fraction of sp³-hybridized carbons (Fsp3) is 0.129. The Morgan fingerprint density at radius 1 is 0.722 bits per heavy atom. The van der Waals surface area contributed by atoms with Crippen LogP contribution in [-0.2, 0) is 12.8 Å². The number of furan rings is 1. The lowest BCUT2D eigenvalue weighted by Crippen LogP contribution is -2.03. The Labute approximate surface area is 210 Å². The van der Waals surface area contributed by atoms with Crippen LogP contribution in [0, 0.1) is 11.3 Å². The molecule has 2 aromatic heterocycles. The average molecular weight is 469 g/mol. The van der Waals surface area contributed by atoms with Gasteiger partial charge in [-0.3, -0.25) is 0 Å². The predicted octanol–water partition coefficient (Wildman–Crippen LogP) is 7.56. The average Bonchev–Trinajstić information content (AvgIpc) is 3.32. The number of hydrogen-bond acceptors (Lipinski definition) is 5. The second-order valence-electron chi connectivity index (χ2n) is 8.97. The number of benzene rings is 3. The van der Waals surface area contributed by atoms with E-state index < -0.39 is 0 Å². The van der Waals surface area contributed by atoms with Crippen LogP contribution in [0.2, 0.25) is 0 Å². The van der Waals surface area contributed by atoms with E-state index >= 15 is 0 Å². The van der Waals surface area contributed by atoms with Gasteiger partial charge in [-0.15, -0.1) is 10.2 Å². The Morgan fingerprint density at radius 2 is 1.44 bits per heavy atom. The van der Waals surface area contributed by atoms with E-state index in [1.165, 1.54) is 24.0 Å². The van der Waals surface area contributed by atoms with Gasteiger partial charge in [0.15, 0.2) is 5.82 Å². The summed E-state index contributed by atoms with van der Waals surface area (Å²) in [7, 11) is 0. The maximum Gasteiger partial charge on any atom is 0.217 e. The minimum absolute atomic E-state index is 0.353. The molecule has 0 saturated carbocycles. The Kier molecular flexibility index (Phi) is 5.77. The number of fused-ring (bicyclic) bond motifs is 1. The number of nitriles is 1. The molecule has 5 nitrogen and oxygen atoms in total. The first kappa shape index (κ1) is 21.8. The predicted molar refractivity (Wildman–Crippen MR) is 142 cm³/mol. The summed E-state index contributed by atoms with van der Waals surface area (Å²) in [6.45, 7) is 0. The topological polar surface area (TPSA) is 74.7 Å². The summed E-state index contributed by atoms with van der Waals surface area (Å²) in [4.78, 5) is 0. The lowest BCUT2D eigenvalue weighted by Gasteiger charge is -2.16. The molecule has 5 heteroatoms. The Hall–Kier alpha value is -4.69. The zero-order valence-corrected chi connectivity index (χ0v) is 19.7. The molecule has 0 amide bonds. The number of anilines is 2. The van der Waals surface area contributed by atoms with E-state index in [0.717, 1.165) is 40.8 Å². The maximum absolute atomic E-state index is 10.1. The molecule has 0 aliphatic heterocycles. The molecule has 1 N–H and O–H groups in total. The molecule has 1 aliphatic rings. The summed E-state index contributed by atoms with van der Waals surface area (Å²) in [5.41, 5.74) is 7.76. The van der Waals surface area contributed by atoms with E-state index in [-0.39, 0.29) is 0 Å². The third-order valence-electron chi connectivity index (χ3n) is 6.67. The van der Waals surface area contributed by atoms with Crippen LogP contribution in [0.3, 0.4) is 0 Å². The fourth-order valence-electron chi connectivity index (χ4n) is 4.86. The van der Waals surface area contributed by atoms with Crippen molar-refractivity contribution in [3.8, 4) is 39.8 Å². The number of rotatable bonds is 5. The summed E-state index contributed by atoms with van der Waals surface area (Å²) in [5, 5.41) is 22.1. The van der Waals surface area contributed by atoms with E-state index in [0.29, 0.717) is 23.0 Å². The van der Waals surface area contributed by atoms with E-state index in [1.807, 2.05) is 72.8 Å². The Bertz CT molecular complexity index is 1550. The van der Waals surface area contributed by atoms with Gasteiger partial charge in [0.1, 0.15) is 17.4 Å². The zero-order valence-electron chi connectivity index (χ0n) is 19.7. The molecule has 0 unspecified atom stereocenters. The molecule has 0 radical (unpaired) electrons. The Balaban J connectivity index is 1.35. The van der Waals surface area contributed by atoms with Crippen molar-refractivity contribution in [1.82, 2.24) is 10.2 Å². The smallest absolute Gasteiger partial charge is 0.217 e. The molecular formula is C31H24N4O. The van der Waals surface area contributed by atoms with Gasteiger partial charge in [0.05, 0.1) is 5.69 Å². The van der Waals surface area contributed by atoms with Crippen molar-refractivity contribution in [3.63, 3.8) is 0 Å². The molecule has 36 heavy (non-hydrogen) atoms. The van der Waals surface area contributed by atoms with Crippen LogP contribution in [0.4, 0.5) is 11.7 Å². The van der Waals surface area contributed by atoms with Crippen molar-refractivity contribution in [3.05, 3.63) is 108 Å². The van der Waals surface area contributed by atoms with Gasteiger partial charge in [-0.2, -0.15) is 5.26 Å². The third kappa shape index (κ3) is 4.14. The SMILES string of the molecule is N#Cc1c(Nc2ccc(-c3ccc4c(c3)CCCC4)nn2)oc(-c2ccccc2)c1-c1ccccc1. The minimum Gasteiger partial charge on any atom is -0.438 e. The van der Waals surface area contributed by atoms with Gasteiger partial charge >= 0.3 is 0 Å². The number of nitrogens with one attached hydrogen (secondary N) is 1. The van der Waals surface area contributed by atoms with Gasteiger partial charge in [-0.25, -0.2) is 0 Å². The number of aryl methyl sites for hydroxylation is 2. The first-order chi connectivity index (χ1) is 17.8. The van der Waals surface area contributed by atoms with E-state index in [2.05, 4.69) is 39.8 Å². The van der Waals surface area contributed by atoms with Crippen LogP contribution < -0.4 is 5.32 Å². The van der Waals surface area contributed by atoms with E-state index in [1.54, 1.807) is 0 Å². The van der Waals surface area contributed by atoms with Crippen LogP contribution in [-0.4, -0.2) is 10.2 Å². The monoisotopic (exact) mass is 468 g/mol. The molecule has 3 aromatic carbocycles. The van der Waals surface area contributed by atoms with Crippen molar-refractivity contribution < 1.29 is 4.42 Å². The van der Waals surface area contributed by atoms with Gasteiger partial charge in [0, 0.05) is 16.7 Å². The lowest BCUT2D eigenvalue weighted by atomic mass is 9.90. The molecule has 0 atom stereocenters. The van der Waals surface area contributed by atoms with Gasteiger partial charge in [-0.05, 0) is 60.6 Å². The fourth-order valence-corrected chi connectivity index (χ4v) is 4.86. The number of nitrogens with zero attached hydrogens (tertiary/aromatic N) is 3. The lowest BCUT2D eigenvalue weighted by molar-refractivity contribution is 0.599. The third-order valence-corrected chi connectivity index (χ3v) is 6.67. The highest BCUT2D eigenvalue weighted by atomic mass is 16.4. The Morgan fingerprint density at radius 3 is 2.14 bits per heavy atom. The van der Waals surface area contributed by atoms with Crippen LogP contribution in [0.25, 0.3) is 33.7 Å². The van der Waals surface area contributed by atoms with Crippen molar-refractivity contribution >= 4 is 11.7 Å². The minimum atomic E-state index is 0.353. The zero-order chi connectivity index (χ0) is 24.3. The molecule has 0 spiro atoms. The van der Waals surface area contributed by atoms with Crippen LogP contribution >= 0.6 is 0 Å². The number of aromatic nitrogens is 2. The van der Waals surface area contributed by atoms with E-state index in [9.17, 15) is 5.26 Å². The van der Waals surface area contributed by atoms with Crippen LogP contribution in [0.15, 0.2) is 95.4 Å². The molecule has 5 aromatic rings. The molecule has 174 valence electrons. The molecule has 6 rings (SSSR count). The van der Waals surface area contributed by atoms with Gasteiger partial charge < -0.3 is 9.73 Å². The second-order valence-corrected chi connectivity index (χ2v) is 8.97. The normalized spacial score (nSPS) is 12.5. The van der Waals surface area contributed by atoms with Crippen molar-refractivity contribution in [1.29, 1.82) is 5.26 Å². The first-order valence-corrected chi connectivity index (χ1v) is 12.2. The van der Waals surface area contributed by atoms with Gasteiger partial charge in [-0.1, -0.05) is 72.8 Å². The van der Waals surface area contributed by atoms with Crippen molar-refractivity contribution in [2.24, 2.45) is 0 Å². The second kappa shape index (κ2) is 9.52. The standard InChI is InChI=1S/C31H24N4O/c32-20-26-29(22-10-3-1-4-11-22)30(23-12-5-2-6-13-23)36-31(26)33-28-18-17-27(34-35-28)25-16-15-21-9-7-8-14-24(21)19-25/h1-6,10-13,15-19H,7-9,14H2,(H,33,35). The molecular weight excluding hydrogens is 444 g/mol. The first-order valence-electron chi connectivity index (χ1n) is 12.2. The summed E-state index contributed by atoms with van der Waals surface area (Å²) >= 11 is 0. The van der Waals surface area contributed by atoms with Crippen LogP contribution in [0.1, 0.15) is 29.5 Å². The summed E-state index contributed by atoms with van der Waals surface area (Å²) in [6, 6.07) is 32.4. The summed E-state index contributed by atoms with van der Waals surface area (Å²) in [6.07, 6.45) is 4.79. The quantitative estimate of drug-likeness (QED) is 0.288. The molecule has 0 saturated heterocycles. The van der Waals surface area contributed by atoms with E-state index in [4.69, 9.17) is 4.42 Å². The molecule has 2 heterocycles. The maximum atomic E-state index is 10.1. The van der Waals surface area contributed by atoms with Crippen molar-refractivity contribution in [2.45, 2.75) is 25.7 Å². The van der Waals surface area contributed by atoms with Crippen LogP contribution in [0.5, 0.6) is 0 Å². The molecule has 1 aliphatic carbocycles. The summed E-state index contributed by atoms with van der Waals surface area (Å²) < 4.78 is 6.26. The highest BCUT2D eigenvalue weighted by Gasteiger charge is 2.23. The molecule has 0 fully saturated rings. The largest absolute Gasteiger partial charge is 0.438 e. The molecule has 0 bridgehead atoms.